The molecule has 1 rings (SSSR count). The Kier molecular flexibility index (Phi) is 3.44. The molecule has 0 radical (unpaired) electrons. The summed E-state index contributed by atoms with van der Waals surface area (Å²) in [4.78, 5) is 14.6. The van der Waals surface area contributed by atoms with E-state index in [4.69, 9.17) is 0 Å². The predicted octanol–water partition coefficient (Wildman–Crippen LogP) is 0.344. The quantitative estimate of drug-likeness (QED) is 0.506. The maximum atomic E-state index is 10.6. The number of nitrogens with zero attached hydrogens (tertiary/aromatic N) is 2. The summed E-state index contributed by atoms with van der Waals surface area (Å²) in [6.45, 7) is 0. The fourth-order valence-corrected chi connectivity index (χ4v) is 0.665. The van der Waals surface area contributed by atoms with Crippen molar-refractivity contribution < 1.29 is 4.79 Å². The van der Waals surface area contributed by atoms with Gasteiger partial charge in [-0.05, 0) is 12.1 Å². The number of carbonyl (C=O) groups excluding carboxylic acids is 1. The molecule has 0 aromatic carbocycles. The average Bonchev–Trinajstić information content (AvgIpc) is 2.19. The first-order valence-corrected chi connectivity index (χ1v) is 3.75. The Labute approximate surface area is 75.9 Å². The molecule has 5 heteroatoms. The molecule has 1 heterocycles. The van der Waals surface area contributed by atoms with Crippen LogP contribution in [-0.4, -0.2) is 24.3 Å². The van der Waals surface area contributed by atoms with Gasteiger partial charge in [0.05, 0.1) is 11.9 Å². The van der Waals surface area contributed by atoms with E-state index < -0.39 is 0 Å². The van der Waals surface area contributed by atoms with E-state index in [1.807, 2.05) is 12.1 Å². The summed E-state index contributed by atoms with van der Waals surface area (Å²) < 4.78 is 0. The lowest BCUT2D eigenvalue weighted by Gasteiger charge is -1.95. The van der Waals surface area contributed by atoms with Gasteiger partial charge in [0.1, 0.15) is 0 Å². The number of hydrazone groups is 1. The van der Waals surface area contributed by atoms with Gasteiger partial charge in [0, 0.05) is 13.2 Å². The maximum absolute atomic E-state index is 10.6. The zero-order chi connectivity index (χ0) is 9.52. The number of amides is 2. The maximum Gasteiger partial charge on any atom is 0.334 e. The average molecular weight is 178 g/mol. The fraction of sp³-hybridized carbons (Fsp3) is 0.125. The fourth-order valence-electron chi connectivity index (χ4n) is 0.665. The van der Waals surface area contributed by atoms with Crippen molar-refractivity contribution in [3.05, 3.63) is 30.1 Å². The highest BCUT2D eigenvalue weighted by Crippen LogP contribution is 1.87. The highest BCUT2D eigenvalue weighted by molar-refractivity contribution is 5.79. The van der Waals surface area contributed by atoms with Crippen molar-refractivity contribution in [2.45, 2.75) is 0 Å². The first-order chi connectivity index (χ1) is 6.33. The van der Waals surface area contributed by atoms with Gasteiger partial charge in [0.2, 0.25) is 0 Å². The molecule has 2 amide bonds. The van der Waals surface area contributed by atoms with Gasteiger partial charge in [-0.15, -0.1) is 0 Å². The van der Waals surface area contributed by atoms with E-state index in [1.165, 1.54) is 13.3 Å². The summed E-state index contributed by atoms with van der Waals surface area (Å²) in [7, 11) is 1.52. The van der Waals surface area contributed by atoms with Crippen LogP contribution in [0.25, 0.3) is 0 Å². The normalized spacial score (nSPS) is 9.92. The van der Waals surface area contributed by atoms with Crippen LogP contribution in [-0.2, 0) is 0 Å². The Morgan fingerprint density at radius 1 is 1.62 bits per heavy atom. The summed E-state index contributed by atoms with van der Waals surface area (Å²) in [6.07, 6.45) is 3.12. The van der Waals surface area contributed by atoms with Gasteiger partial charge in [-0.25, -0.2) is 10.2 Å². The van der Waals surface area contributed by atoms with Gasteiger partial charge in [-0.2, -0.15) is 5.10 Å². The number of carbonyl (C=O) groups is 1. The standard InChI is InChI=1S/C8H10N4O/c1-9-8(13)12-11-6-7-4-2-3-5-10-7/h2-6H,1H3,(H2,9,12,13)/b11-6-. The number of hydrogen-bond acceptors (Lipinski definition) is 3. The summed E-state index contributed by atoms with van der Waals surface area (Å²) in [6, 6.07) is 5.08. The van der Waals surface area contributed by atoms with Crippen molar-refractivity contribution in [3.8, 4) is 0 Å². The van der Waals surface area contributed by atoms with E-state index >= 15 is 0 Å². The molecular weight excluding hydrogens is 168 g/mol. The van der Waals surface area contributed by atoms with Crippen LogP contribution in [0.4, 0.5) is 4.79 Å². The van der Waals surface area contributed by atoms with Gasteiger partial charge in [-0.1, -0.05) is 6.07 Å². The summed E-state index contributed by atoms with van der Waals surface area (Å²) in [5.41, 5.74) is 2.95. The van der Waals surface area contributed by atoms with Gasteiger partial charge >= 0.3 is 6.03 Å². The minimum atomic E-state index is -0.354. The van der Waals surface area contributed by atoms with Crippen LogP contribution in [0.5, 0.6) is 0 Å². The minimum Gasteiger partial charge on any atom is -0.340 e. The third-order valence-electron chi connectivity index (χ3n) is 1.28. The van der Waals surface area contributed by atoms with E-state index in [0.717, 1.165) is 0 Å². The van der Waals surface area contributed by atoms with Gasteiger partial charge in [0.15, 0.2) is 0 Å². The second kappa shape index (κ2) is 4.87. The highest BCUT2D eigenvalue weighted by Gasteiger charge is 1.89. The molecule has 0 fully saturated rings. The first-order valence-electron chi connectivity index (χ1n) is 3.75. The topological polar surface area (TPSA) is 66.4 Å². The molecule has 0 spiro atoms. The Bertz CT molecular complexity index is 296. The minimum absolute atomic E-state index is 0.354. The second-order valence-electron chi connectivity index (χ2n) is 2.20. The van der Waals surface area contributed by atoms with Crippen molar-refractivity contribution in [1.29, 1.82) is 0 Å². The molecule has 0 bridgehead atoms. The summed E-state index contributed by atoms with van der Waals surface area (Å²) in [5.74, 6) is 0. The molecule has 0 aliphatic rings. The van der Waals surface area contributed by atoms with Crippen LogP contribution in [0.2, 0.25) is 0 Å². The predicted molar refractivity (Wildman–Crippen MR) is 49.4 cm³/mol. The Hall–Kier alpha value is -1.91. The largest absolute Gasteiger partial charge is 0.340 e. The van der Waals surface area contributed by atoms with Crippen LogP contribution in [0.15, 0.2) is 29.5 Å². The molecule has 0 unspecified atom stereocenters. The Morgan fingerprint density at radius 3 is 3.08 bits per heavy atom. The molecule has 1 aromatic heterocycles. The first kappa shape index (κ1) is 9.18. The van der Waals surface area contributed by atoms with E-state index in [0.29, 0.717) is 5.69 Å². The van der Waals surface area contributed by atoms with E-state index in [-0.39, 0.29) is 6.03 Å². The zero-order valence-corrected chi connectivity index (χ0v) is 7.19. The molecule has 0 saturated heterocycles. The molecule has 13 heavy (non-hydrogen) atoms. The number of hydrogen-bond donors (Lipinski definition) is 2. The highest BCUT2D eigenvalue weighted by atomic mass is 16.2. The van der Waals surface area contributed by atoms with E-state index in [9.17, 15) is 4.79 Å². The molecule has 0 aliphatic heterocycles. The van der Waals surface area contributed by atoms with Crippen LogP contribution in [0.3, 0.4) is 0 Å². The Morgan fingerprint density at radius 2 is 2.46 bits per heavy atom. The van der Waals surface area contributed by atoms with Crippen molar-refractivity contribution in [2.24, 2.45) is 5.10 Å². The van der Waals surface area contributed by atoms with Gasteiger partial charge in [-0.3, -0.25) is 4.98 Å². The molecule has 2 N–H and O–H groups in total. The molecule has 0 saturated carbocycles. The second-order valence-corrected chi connectivity index (χ2v) is 2.20. The third-order valence-corrected chi connectivity index (χ3v) is 1.28. The lowest BCUT2D eigenvalue weighted by Crippen LogP contribution is -2.28. The SMILES string of the molecule is CNC(=O)N/N=C\c1ccccn1. The van der Waals surface area contributed by atoms with Crippen molar-refractivity contribution >= 4 is 12.2 Å². The molecule has 0 atom stereocenters. The third kappa shape index (κ3) is 3.33. The monoisotopic (exact) mass is 178 g/mol. The summed E-state index contributed by atoms with van der Waals surface area (Å²) >= 11 is 0. The molecule has 0 aliphatic carbocycles. The van der Waals surface area contributed by atoms with Crippen LogP contribution in [0.1, 0.15) is 5.69 Å². The lowest BCUT2D eigenvalue weighted by molar-refractivity contribution is 0.243. The van der Waals surface area contributed by atoms with Crippen molar-refractivity contribution in [3.63, 3.8) is 0 Å². The van der Waals surface area contributed by atoms with Crippen molar-refractivity contribution in [1.82, 2.24) is 15.7 Å². The van der Waals surface area contributed by atoms with Crippen LogP contribution >= 0.6 is 0 Å². The molecule has 5 nitrogen and oxygen atoms in total. The smallest absolute Gasteiger partial charge is 0.334 e. The van der Waals surface area contributed by atoms with E-state index in [2.05, 4.69) is 20.8 Å². The number of nitrogens with one attached hydrogen (secondary N) is 2. The van der Waals surface area contributed by atoms with Crippen LogP contribution < -0.4 is 10.7 Å². The molecule has 68 valence electrons. The number of urea groups is 1. The summed E-state index contributed by atoms with van der Waals surface area (Å²) in [5, 5.41) is 6.03. The molecular formula is C8H10N4O. The van der Waals surface area contributed by atoms with Gasteiger partial charge in [0.25, 0.3) is 0 Å². The van der Waals surface area contributed by atoms with Crippen molar-refractivity contribution in [2.75, 3.05) is 7.05 Å². The molecule has 1 aromatic rings. The van der Waals surface area contributed by atoms with E-state index in [1.54, 1.807) is 12.3 Å². The number of aromatic nitrogens is 1. The lowest BCUT2D eigenvalue weighted by atomic mass is 10.4. The Balaban J connectivity index is 2.45. The van der Waals surface area contributed by atoms with Crippen LogP contribution in [0, 0.1) is 0 Å². The van der Waals surface area contributed by atoms with Gasteiger partial charge < -0.3 is 5.32 Å². The number of rotatable bonds is 2. The zero-order valence-electron chi connectivity index (χ0n) is 7.19. The number of pyridine rings is 1.